The molecule has 0 aliphatic carbocycles. The number of hydrogen-bond donors (Lipinski definition) is 4. The molecule has 0 bridgehead atoms. The maximum Gasteiger partial charge on any atom is 0.243 e. The van der Waals surface area contributed by atoms with Gasteiger partial charge in [-0.1, -0.05) is 0 Å². The molecule has 1 unspecified atom stereocenters. The molecule has 2 heterocycles. The topological polar surface area (TPSA) is 121 Å². The summed E-state index contributed by atoms with van der Waals surface area (Å²) in [6.45, 7) is 8.15. The number of nitrogens with zero attached hydrogens (tertiary/aromatic N) is 4. The summed E-state index contributed by atoms with van der Waals surface area (Å²) < 4.78 is 5.32. The van der Waals surface area contributed by atoms with Crippen molar-refractivity contribution in [3.8, 4) is 0 Å². The molecule has 0 aromatic carbocycles. The Kier molecular flexibility index (Phi) is 4.76. The Morgan fingerprint density at radius 1 is 1.24 bits per heavy atom. The number of rotatable bonds is 5. The number of aliphatic hydroxyl groups excluding tert-OH is 1. The molecule has 1 fully saturated rings. The van der Waals surface area contributed by atoms with Crippen LogP contribution < -0.4 is 21.5 Å². The Morgan fingerprint density at radius 3 is 2.43 bits per heavy atom. The maximum absolute atomic E-state index is 9.79. The minimum Gasteiger partial charge on any atom is -0.391 e. The van der Waals surface area contributed by atoms with E-state index in [1.54, 1.807) is 6.92 Å². The summed E-state index contributed by atoms with van der Waals surface area (Å²) in [6, 6.07) is 0. The average molecular weight is 297 g/mol. The maximum atomic E-state index is 9.79. The predicted molar refractivity (Wildman–Crippen MR) is 80.1 cm³/mol. The fourth-order valence-electron chi connectivity index (χ4n) is 1.78. The molecule has 1 aliphatic heterocycles. The van der Waals surface area contributed by atoms with Gasteiger partial charge in [-0.15, -0.1) is 0 Å². The summed E-state index contributed by atoms with van der Waals surface area (Å²) in [5.74, 6) is 6.59. The second-order valence-electron chi connectivity index (χ2n) is 5.55. The van der Waals surface area contributed by atoms with Gasteiger partial charge in [-0.25, -0.2) is 5.84 Å². The highest BCUT2D eigenvalue weighted by atomic mass is 16.5. The first-order valence-electron chi connectivity index (χ1n) is 6.94. The summed E-state index contributed by atoms with van der Waals surface area (Å²) in [7, 11) is 0. The van der Waals surface area contributed by atoms with Crippen molar-refractivity contribution in [2.45, 2.75) is 32.4 Å². The molecule has 2 rings (SSSR count). The van der Waals surface area contributed by atoms with Crippen LogP contribution in [0.25, 0.3) is 0 Å². The first-order chi connectivity index (χ1) is 9.92. The van der Waals surface area contributed by atoms with E-state index < -0.39 is 11.6 Å². The standard InChI is InChI=1S/C12H23N7O2/c1-8(20)12(2,3)17-9-14-10(18-13)16-11(15-9)19-4-6-21-7-5-19/h8,20H,4-7,13H2,1-3H3,(H2,14,15,16,17,18). The molecule has 5 N–H and O–H groups in total. The van der Waals surface area contributed by atoms with Gasteiger partial charge in [0.15, 0.2) is 0 Å². The zero-order valence-corrected chi connectivity index (χ0v) is 12.6. The molecule has 118 valence electrons. The molecule has 0 saturated carbocycles. The molecule has 9 nitrogen and oxygen atoms in total. The zero-order chi connectivity index (χ0) is 15.5. The van der Waals surface area contributed by atoms with Crippen LogP contribution in [0, 0.1) is 0 Å². The summed E-state index contributed by atoms with van der Waals surface area (Å²) in [5.41, 5.74) is 1.87. The highest BCUT2D eigenvalue weighted by Crippen LogP contribution is 2.19. The number of nitrogens with two attached hydrogens (primary N) is 1. The Bertz CT molecular complexity index is 475. The number of hydrogen-bond acceptors (Lipinski definition) is 9. The minimum absolute atomic E-state index is 0.274. The third-order valence-electron chi connectivity index (χ3n) is 3.53. The Labute approximate surface area is 123 Å². The summed E-state index contributed by atoms with van der Waals surface area (Å²) in [5, 5.41) is 12.9. The van der Waals surface area contributed by atoms with Crippen molar-refractivity contribution in [2.75, 3.05) is 41.9 Å². The van der Waals surface area contributed by atoms with Gasteiger partial charge in [0.25, 0.3) is 0 Å². The number of aromatic nitrogens is 3. The quantitative estimate of drug-likeness (QED) is 0.423. The van der Waals surface area contributed by atoms with Crippen molar-refractivity contribution < 1.29 is 9.84 Å². The van der Waals surface area contributed by atoms with Crippen molar-refractivity contribution in [1.29, 1.82) is 0 Å². The van der Waals surface area contributed by atoms with Crippen LogP contribution in [-0.4, -0.2) is 58.0 Å². The lowest BCUT2D eigenvalue weighted by atomic mass is 9.99. The number of morpholine rings is 1. The average Bonchev–Trinajstić information content (AvgIpc) is 2.47. The fraction of sp³-hybridized carbons (Fsp3) is 0.750. The van der Waals surface area contributed by atoms with E-state index in [1.165, 1.54) is 0 Å². The summed E-state index contributed by atoms with van der Waals surface area (Å²) in [6.07, 6.45) is -0.574. The smallest absolute Gasteiger partial charge is 0.243 e. The Morgan fingerprint density at radius 2 is 1.86 bits per heavy atom. The van der Waals surface area contributed by atoms with Gasteiger partial charge < -0.3 is 20.1 Å². The van der Waals surface area contributed by atoms with Crippen molar-refractivity contribution >= 4 is 17.8 Å². The van der Waals surface area contributed by atoms with E-state index in [4.69, 9.17) is 10.6 Å². The second-order valence-corrected chi connectivity index (χ2v) is 5.55. The number of hydrazine groups is 1. The van der Waals surface area contributed by atoms with Crippen LogP contribution in [0.5, 0.6) is 0 Å². The second kappa shape index (κ2) is 6.37. The van der Waals surface area contributed by atoms with E-state index in [0.717, 1.165) is 0 Å². The number of ether oxygens (including phenoxy) is 1. The van der Waals surface area contributed by atoms with Gasteiger partial charge in [-0.05, 0) is 20.8 Å². The van der Waals surface area contributed by atoms with Crippen molar-refractivity contribution in [3.63, 3.8) is 0 Å². The van der Waals surface area contributed by atoms with Gasteiger partial charge in [0.05, 0.1) is 24.9 Å². The molecular weight excluding hydrogens is 274 g/mol. The Balaban J connectivity index is 2.24. The number of anilines is 3. The molecule has 0 amide bonds. The van der Waals surface area contributed by atoms with Gasteiger partial charge in [0, 0.05) is 13.1 Å². The molecule has 1 aromatic heterocycles. The Hall–Kier alpha value is -1.71. The van der Waals surface area contributed by atoms with Crippen LogP contribution in [0.4, 0.5) is 17.8 Å². The monoisotopic (exact) mass is 297 g/mol. The molecule has 1 saturated heterocycles. The van der Waals surface area contributed by atoms with Crippen LogP contribution >= 0.6 is 0 Å². The van der Waals surface area contributed by atoms with Crippen LogP contribution in [0.2, 0.25) is 0 Å². The van der Waals surface area contributed by atoms with Crippen LogP contribution in [-0.2, 0) is 4.74 Å². The van der Waals surface area contributed by atoms with Crippen molar-refractivity contribution in [3.05, 3.63) is 0 Å². The molecule has 1 aliphatic rings. The first kappa shape index (κ1) is 15.7. The predicted octanol–water partition coefficient (Wildman–Crippen LogP) is -0.435. The molecular formula is C12H23N7O2. The molecule has 1 aromatic rings. The lowest BCUT2D eigenvalue weighted by Crippen LogP contribution is -2.43. The highest BCUT2D eigenvalue weighted by Gasteiger charge is 2.26. The highest BCUT2D eigenvalue weighted by molar-refractivity contribution is 5.44. The van der Waals surface area contributed by atoms with Crippen molar-refractivity contribution in [1.82, 2.24) is 15.0 Å². The SMILES string of the molecule is CC(O)C(C)(C)Nc1nc(NN)nc(N2CCOCC2)n1. The third kappa shape index (κ3) is 3.90. The van der Waals surface area contributed by atoms with Gasteiger partial charge >= 0.3 is 0 Å². The number of aliphatic hydroxyl groups is 1. The van der Waals surface area contributed by atoms with E-state index in [0.29, 0.717) is 38.2 Å². The van der Waals surface area contributed by atoms with E-state index in [1.807, 2.05) is 18.7 Å². The normalized spacial score (nSPS) is 17.5. The van der Waals surface area contributed by atoms with Crippen molar-refractivity contribution in [2.24, 2.45) is 5.84 Å². The van der Waals surface area contributed by atoms with E-state index >= 15 is 0 Å². The van der Waals surface area contributed by atoms with Crippen LogP contribution in [0.1, 0.15) is 20.8 Å². The summed E-state index contributed by atoms with van der Waals surface area (Å²) >= 11 is 0. The van der Waals surface area contributed by atoms with Gasteiger partial charge in [-0.3, -0.25) is 5.43 Å². The van der Waals surface area contributed by atoms with Crippen LogP contribution in [0.3, 0.4) is 0 Å². The molecule has 0 spiro atoms. The molecule has 21 heavy (non-hydrogen) atoms. The van der Waals surface area contributed by atoms with Gasteiger partial charge in [0.2, 0.25) is 17.8 Å². The fourth-order valence-corrected chi connectivity index (χ4v) is 1.78. The summed E-state index contributed by atoms with van der Waals surface area (Å²) in [4.78, 5) is 14.8. The van der Waals surface area contributed by atoms with Gasteiger partial charge in [-0.2, -0.15) is 15.0 Å². The molecule has 9 heteroatoms. The lowest BCUT2D eigenvalue weighted by Gasteiger charge is -2.30. The number of nitrogen functional groups attached to an aromatic ring is 1. The lowest BCUT2D eigenvalue weighted by molar-refractivity contribution is 0.122. The van der Waals surface area contributed by atoms with Gasteiger partial charge in [0.1, 0.15) is 0 Å². The molecule has 0 radical (unpaired) electrons. The number of nitrogens with one attached hydrogen (secondary N) is 2. The van der Waals surface area contributed by atoms with E-state index in [-0.39, 0.29) is 5.95 Å². The zero-order valence-electron chi connectivity index (χ0n) is 12.6. The minimum atomic E-state index is -0.574. The van der Waals surface area contributed by atoms with Crippen LogP contribution in [0.15, 0.2) is 0 Å². The third-order valence-corrected chi connectivity index (χ3v) is 3.53. The molecule has 1 atom stereocenters. The van der Waals surface area contributed by atoms with E-state index in [9.17, 15) is 5.11 Å². The van der Waals surface area contributed by atoms with E-state index in [2.05, 4.69) is 25.7 Å². The largest absolute Gasteiger partial charge is 0.391 e. The first-order valence-corrected chi connectivity index (χ1v) is 6.94.